The third-order valence-electron chi connectivity index (χ3n) is 4.79. The van der Waals surface area contributed by atoms with Crippen molar-refractivity contribution in [2.75, 3.05) is 19.8 Å². The second-order valence-electron chi connectivity index (χ2n) is 7.39. The fourth-order valence-electron chi connectivity index (χ4n) is 3.02. The van der Waals surface area contributed by atoms with E-state index in [4.69, 9.17) is 20.3 Å². The monoisotopic (exact) mass is 481 g/mol. The quantitative estimate of drug-likeness (QED) is 0.355. The Hall–Kier alpha value is -2.53. The lowest BCUT2D eigenvalue weighted by Crippen LogP contribution is -2.13. The number of alkyl halides is 3. The summed E-state index contributed by atoms with van der Waals surface area (Å²) in [5.74, 6) is -0.219. The summed E-state index contributed by atoms with van der Waals surface area (Å²) < 4.78 is 51.9. The maximum absolute atomic E-state index is 13.6. The number of halogens is 3. The van der Waals surface area contributed by atoms with Gasteiger partial charge in [-0.25, -0.2) is 0 Å². The molecule has 0 spiro atoms. The van der Waals surface area contributed by atoms with Crippen LogP contribution in [0.3, 0.4) is 0 Å². The number of aromatic nitrogens is 2. The summed E-state index contributed by atoms with van der Waals surface area (Å²) in [6.45, 7) is 0.978. The van der Waals surface area contributed by atoms with Crippen molar-refractivity contribution in [2.24, 2.45) is 5.73 Å². The number of hydrogen-bond donors (Lipinski definition) is 2. The number of nitrogens with two attached hydrogens (primary N) is 1. The topological polar surface area (TPSA) is 90.5 Å². The summed E-state index contributed by atoms with van der Waals surface area (Å²) in [7, 11) is 0. The number of hydrogen-bond acceptors (Lipinski definition) is 7. The van der Waals surface area contributed by atoms with Crippen molar-refractivity contribution in [1.82, 2.24) is 10.2 Å². The van der Waals surface area contributed by atoms with E-state index in [1.165, 1.54) is 12.1 Å². The molecular weight excluding hydrogens is 455 g/mol. The van der Waals surface area contributed by atoms with Gasteiger partial charge in [-0.05, 0) is 43.0 Å². The SMILES string of the molecule is NC(CO)c1nnc(-c2ccc(OCCCCCOCc3ccccc3)c(C(F)(F)F)c2)s1. The van der Waals surface area contributed by atoms with Crippen molar-refractivity contribution in [1.29, 1.82) is 0 Å². The number of benzene rings is 2. The molecule has 33 heavy (non-hydrogen) atoms. The Kier molecular flexibility index (Phi) is 9.19. The lowest BCUT2D eigenvalue weighted by atomic mass is 10.1. The van der Waals surface area contributed by atoms with Gasteiger partial charge >= 0.3 is 6.18 Å². The van der Waals surface area contributed by atoms with Crippen LogP contribution < -0.4 is 10.5 Å². The minimum atomic E-state index is -4.58. The lowest BCUT2D eigenvalue weighted by molar-refractivity contribution is -0.138. The fourth-order valence-corrected chi connectivity index (χ4v) is 3.85. The van der Waals surface area contributed by atoms with E-state index in [1.807, 2.05) is 30.3 Å². The normalized spacial score (nSPS) is 12.6. The van der Waals surface area contributed by atoms with Crippen molar-refractivity contribution < 1.29 is 27.8 Å². The van der Waals surface area contributed by atoms with Gasteiger partial charge in [0.2, 0.25) is 0 Å². The van der Waals surface area contributed by atoms with Gasteiger partial charge in [0, 0.05) is 12.2 Å². The molecule has 0 radical (unpaired) electrons. The molecule has 1 unspecified atom stereocenters. The predicted molar refractivity (Wildman–Crippen MR) is 120 cm³/mol. The van der Waals surface area contributed by atoms with E-state index in [0.29, 0.717) is 29.6 Å². The summed E-state index contributed by atoms with van der Waals surface area (Å²) in [6.07, 6.45) is -2.37. The first-order valence-electron chi connectivity index (χ1n) is 10.5. The first kappa shape index (κ1) is 25.1. The van der Waals surface area contributed by atoms with E-state index in [1.54, 1.807) is 0 Å². The lowest BCUT2D eigenvalue weighted by Gasteiger charge is -2.15. The largest absolute Gasteiger partial charge is 0.493 e. The van der Waals surface area contributed by atoms with Gasteiger partial charge in [0.1, 0.15) is 15.8 Å². The molecule has 2 aromatic carbocycles. The minimum Gasteiger partial charge on any atom is -0.493 e. The molecule has 3 rings (SSSR count). The molecule has 1 aromatic heterocycles. The number of ether oxygens (including phenoxy) is 2. The zero-order chi connectivity index (χ0) is 23.7. The summed E-state index contributed by atoms with van der Waals surface area (Å²) >= 11 is 1.05. The average Bonchev–Trinajstić information content (AvgIpc) is 3.31. The Balaban J connectivity index is 1.50. The van der Waals surface area contributed by atoms with Crippen molar-refractivity contribution in [2.45, 2.75) is 38.1 Å². The molecule has 0 amide bonds. The highest BCUT2D eigenvalue weighted by molar-refractivity contribution is 7.14. The minimum absolute atomic E-state index is 0.176. The van der Waals surface area contributed by atoms with Crippen LogP contribution in [0.25, 0.3) is 10.6 Å². The van der Waals surface area contributed by atoms with Gasteiger partial charge in [0.25, 0.3) is 0 Å². The van der Waals surface area contributed by atoms with E-state index in [2.05, 4.69) is 10.2 Å². The van der Waals surface area contributed by atoms with Crippen molar-refractivity contribution in [3.63, 3.8) is 0 Å². The van der Waals surface area contributed by atoms with Crippen LogP contribution in [0, 0.1) is 0 Å². The van der Waals surface area contributed by atoms with E-state index in [-0.39, 0.29) is 24.5 Å². The highest BCUT2D eigenvalue weighted by Crippen LogP contribution is 2.39. The number of nitrogens with zero attached hydrogens (tertiary/aromatic N) is 2. The van der Waals surface area contributed by atoms with Crippen LogP contribution in [0.4, 0.5) is 13.2 Å². The van der Waals surface area contributed by atoms with Crippen LogP contribution in [-0.4, -0.2) is 35.1 Å². The molecule has 3 aromatic rings. The van der Waals surface area contributed by atoms with Gasteiger partial charge in [-0.1, -0.05) is 41.7 Å². The molecule has 0 saturated carbocycles. The summed E-state index contributed by atoms with van der Waals surface area (Å²) in [4.78, 5) is 0. The maximum atomic E-state index is 13.6. The van der Waals surface area contributed by atoms with Crippen molar-refractivity contribution >= 4 is 11.3 Å². The molecule has 1 heterocycles. The van der Waals surface area contributed by atoms with Gasteiger partial charge in [0.05, 0.1) is 31.4 Å². The Morgan fingerprint density at radius 2 is 1.76 bits per heavy atom. The third-order valence-corrected chi connectivity index (χ3v) is 5.89. The summed E-state index contributed by atoms with van der Waals surface area (Å²) in [6, 6.07) is 12.9. The third kappa shape index (κ3) is 7.50. The van der Waals surface area contributed by atoms with Crippen LogP contribution in [-0.2, 0) is 17.5 Å². The Morgan fingerprint density at radius 1 is 1.00 bits per heavy atom. The van der Waals surface area contributed by atoms with Gasteiger partial charge in [-0.3, -0.25) is 0 Å². The van der Waals surface area contributed by atoms with Crippen molar-refractivity contribution in [3.8, 4) is 16.3 Å². The second-order valence-corrected chi connectivity index (χ2v) is 8.40. The zero-order valence-electron chi connectivity index (χ0n) is 17.9. The van der Waals surface area contributed by atoms with Crippen LogP contribution in [0.2, 0.25) is 0 Å². The molecule has 0 bridgehead atoms. The van der Waals surface area contributed by atoms with E-state index >= 15 is 0 Å². The molecule has 0 aliphatic carbocycles. The highest BCUT2D eigenvalue weighted by Gasteiger charge is 2.35. The molecule has 3 N–H and O–H groups in total. The molecule has 0 aliphatic rings. The second kappa shape index (κ2) is 12.1. The number of aliphatic hydroxyl groups excluding tert-OH is 1. The van der Waals surface area contributed by atoms with E-state index in [9.17, 15) is 13.2 Å². The van der Waals surface area contributed by atoms with Gasteiger partial charge in [0.15, 0.2) is 0 Å². The predicted octanol–water partition coefficient (Wildman–Crippen LogP) is 4.98. The first-order chi connectivity index (χ1) is 15.9. The van der Waals surface area contributed by atoms with Crippen LogP contribution in [0.1, 0.15) is 41.4 Å². The Labute approximate surface area is 194 Å². The van der Waals surface area contributed by atoms with E-state index < -0.39 is 17.8 Å². The van der Waals surface area contributed by atoms with Crippen LogP contribution in [0.15, 0.2) is 48.5 Å². The van der Waals surface area contributed by atoms with Gasteiger partial charge in [-0.15, -0.1) is 10.2 Å². The van der Waals surface area contributed by atoms with Crippen LogP contribution in [0.5, 0.6) is 5.75 Å². The molecule has 0 aliphatic heterocycles. The van der Waals surface area contributed by atoms with Crippen molar-refractivity contribution in [3.05, 3.63) is 64.7 Å². The number of unbranched alkanes of at least 4 members (excludes halogenated alkanes) is 2. The molecule has 178 valence electrons. The molecular formula is C23H26F3N3O3S. The Morgan fingerprint density at radius 3 is 2.48 bits per heavy atom. The first-order valence-corrected chi connectivity index (χ1v) is 11.4. The molecule has 1 atom stereocenters. The molecule has 10 heteroatoms. The summed E-state index contributed by atoms with van der Waals surface area (Å²) in [5, 5.41) is 17.5. The zero-order valence-corrected chi connectivity index (χ0v) is 18.7. The van der Waals surface area contributed by atoms with E-state index in [0.717, 1.165) is 35.8 Å². The van der Waals surface area contributed by atoms with Gasteiger partial charge < -0.3 is 20.3 Å². The maximum Gasteiger partial charge on any atom is 0.419 e. The standard InChI is InChI=1S/C23H26F3N3O3S/c24-23(25,26)18-13-17(21-28-29-22(33-21)19(27)14-30)9-10-20(18)32-12-6-2-5-11-31-15-16-7-3-1-4-8-16/h1,3-4,7-10,13,19,30H,2,5-6,11-12,14-15,27H2. The highest BCUT2D eigenvalue weighted by atomic mass is 32.1. The molecule has 0 saturated heterocycles. The summed E-state index contributed by atoms with van der Waals surface area (Å²) in [5.41, 5.74) is 6.19. The number of rotatable bonds is 12. The molecule has 0 fully saturated rings. The Bertz CT molecular complexity index is 999. The number of aliphatic hydroxyl groups is 1. The smallest absolute Gasteiger partial charge is 0.419 e. The fraction of sp³-hybridized carbons (Fsp3) is 0.391. The molecule has 6 nitrogen and oxygen atoms in total. The average molecular weight is 482 g/mol. The van der Waals surface area contributed by atoms with Gasteiger partial charge in [-0.2, -0.15) is 13.2 Å². The van der Waals surface area contributed by atoms with Crippen LogP contribution >= 0.6 is 11.3 Å².